The van der Waals surface area contributed by atoms with Gasteiger partial charge in [-0.15, -0.1) is 0 Å². The molecular formula is C14H22O2. The van der Waals surface area contributed by atoms with E-state index in [2.05, 4.69) is 26.8 Å². The molecule has 0 amide bonds. The van der Waals surface area contributed by atoms with Crippen LogP contribution in [0.2, 0.25) is 0 Å². The first-order valence-electron chi connectivity index (χ1n) is 5.79. The molecule has 2 nitrogen and oxygen atoms in total. The van der Waals surface area contributed by atoms with Crippen molar-refractivity contribution in [2.75, 3.05) is 13.7 Å². The number of hydrogen-bond acceptors (Lipinski definition) is 2. The lowest BCUT2D eigenvalue weighted by Gasteiger charge is -2.26. The number of hydrogen-bond donors (Lipinski definition) is 1. The molecular weight excluding hydrogens is 200 g/mol. The molecule has 1 rings (SSSR count). The SMILES string of the molecule is CCC(C)(CO)Cc1cc(C)ccc1OC. The molecule has 0 heterocycles. The van der Waals surface area contributed by atoms with Crippen LogP contribution in [-0.4, -0.2) is 18.8 Å². The Bertz CT molecular complexity index is 341. The molecule has 1 aromatic carbocycles. The van der Waals surface area contributed by atoms with Crippen LogP contribution in [0.5, 0.6) is 5.75 Å². The molecule has 0 bridgehead atoms. The summed E-state index contributed by atoms with van der Waals surface area (Å²) >= 11 is 0. The summed E-state index contributed by atoms with van der Waals surface area (Å²) in [5, 5.41) is 9.44. The molecule has 1 unspecified atom stereocenters. The van der Waals surface area contributed by atoms with Crippen molar-refractivity contribution < 1.29 is 9.84 Å². The average Bonchev–Trinajstić information content (AvgIpc) is 2.29. The summed E-state index contributed by atoms with van der Waals surface area (Å²) in [6, 6.07) is 6.19. The monoisotopic (exact) mass is 222 g/mol. The fourth-order valence-electron chi connectivity index (χ4n) is 1.80. The fraction of sp³-hybridized carbons (Fsp3) is 0.571. The van der Waals surface area contributed by atoms with E-state index in [-0.39, 0.29) is 12.0 Å². The molecule has 0 radical (unpaired) electrons. The number of aliphatic hydroxyl groups is 1. The van der Waals surface area contributed by atoms with E-state index >= 15 is 0 Å². The lowest BCUT2D eigenvalue weighted by Crippen LogP contribution is -2.23. The average molecular weight is 222 g/mol. The number of aliphatic hydroxyl groups excluding tert-OH is 1. The van der Waals surface area contributed by atoms with Crippen LogP contribution in [0.25, 0.3) is 0 Å². The number of benzene rings is 1. The fourth-order valence-corrected chi connectivity index (χ4v) is 1.80. The van der Waals surface area contributed by atoms with E-state index in [1.165, 1.54) is 11.1 Å². The molecule has 0 aliphatic carbocycles. The van der Waals surface area contributed by atoms with E-state index in [0.717, 1.165) is 18.6 Å². The molecule has 0 saturated carbocycles. The molecule has 0 saturated heterocycles. The van der Waals surface area contributed by atoms with Gasteiger partial charge in [-0.1, -0.05) is 31.5 Å². The number of aryl methyl sites for hydroxylation is 1. The Hall–Kier alpha value is -1.02. The van der Waals surface area contributed by atoms with Gasteiger partial charge in [0.05, 0.1) is 7.11 Å². The van der Waals surface area contributed by atoms with Crippen LogP contribution >= 0.6 is 0 Å². The van der Waals surface area contributed by atoms with Gasteiger partial charge in [-0.05, 0) is 36.8 Å². The van der Waals surface area contributed by atoms with E-state index in [4.69, 9.17) is 4.74 Å². The summed E-state index contributed by atoms with van der Waals surface area (Å²) in [4.78, 5) is 0. The summed E-state index contributed by atoms with van der Waals surface area (Å²) in [6.45, 7) is 6.50. The van der Waals surface area contributed by atoms with E-state index in [9.17, 15) is 5.11 Å². The Morgan fingerprint density at radius 1 is 1.38 bits per heavy atom. The van der Waals surface area contributed by atoms with Gasteiger partial charge >= 0.3 is 0 Å². The zero-order valence-corrected chi connectivity index (χ0v) is 10.7. The van der Waals surface area contributed by atoms with Crippen molar-refractivity contribution in [3.05, 3.63) is 29.3 Å². The van der Waals surface area contributed by atoms with E-state index < -0.39 is 0 Å². The maximum absolute atomic E-state index is 9.44. The summed E-state index contributed by atoms with van der Waals surface area (Å²) in [5.74, 6) is 0.915. The van der Waals surface area contributed by atoms with Gasteiger partial charge in [-0.3, -0.25) is 0 Å². The molecule has 1 atom stereocenters. The van der Waals surface area contributed by atoms with Crippen molar-refractivity contribution in [2.45, 2.75) is 33.6 Å². The minimum atomic E-state index is -0.0545. The van der Waals surface area contributed by atoms with Crippen LogP contribution in [0.4, 0.5) is 0 Å². The van der Waals surface area contributed by atoms with Crippen LogP contribution in [0, 0.1) is 12.3 Å². The zero-order chi connectivity index (χ0) is 12.2. The highest BCUT2D eigenvalue weighted by Crippen LogP contribution is 2.30. The normalized spacial score (nSPS) is 14.6. The Kier molecular flexibility index (Phi) is 4.36. The van der Waals surface area contributed by atoms with E-state index in [1.807, 2.05) is 12.1 Å². The molecule has 0 aromatic heterocycles. The molecule has 90 valence electrons. The molecule has 1 aromatic rings. The van der Waals surface area contributed by atoms with Crippen molar-refractivity contribution in [2.24, 2.45) is 5.41 Å². The maximum atomic E-state index is 9.44. The van der Waals surface area contributed by atoms with Crippen LogP contribution < -0.4 is 4.74 Å². The Labute approximate surface area is 98.3 Å². The third-order valence-electron chi connectivity index (χ3n) is 3.29. The predicted octanol–water partition coefficient (Wildman–Crippen LogP) is 2.95. The number of methoxy groups -OCH3 is 1. The van der Waals surface area contributed by atoms with Crippen LogP contribution in [0.3, 0.4) is 0 Å². The minimum Gasteiger partial charge on any atom is -0.496 e. The minimum absolute atomic E-state index is 0.0545. The number of ether oxygens (including phenoxy) is 1. The molecule has 1 N–H and O–H groups in total. The summed E-state index contributed by atoms with van der Waals surface area (Å²) in [5.41, 5.74) is 2.36. The van der Waals surface area contributed by atoms with Crippen LogP contribution in [0.15, 0.2) is 18.2 Å². The van der Waals surface area contributed by atoms with Gasteiger partial charge in [0.15, 0.2) is 0 Å². The Balaban J connectivity index is 2.98. The highest BCUT2D eigenvalue weighted by Gasteiger charge is 2.23. The molecule has 0 aliphatic rings. The van der Waals surface area contributed by atoms with Crippen molar-refractivity contribution in [3.8, 4) is 5.75 Å². The first kappa shape index (κ1) is 13.0. The largest absolute Gasteiger partial charge is 0.496 e. The van der Waals surface area contributed by atoms with Gasteiger partial charge < -0.3 is 9.84 Å². The van der Waals surface area contributed by atoms with Crippen LogP contribution in [-0.2, 0) is 6.42 Å². The quantitative estimate of drug-likeness (QED) is 0.830. The highest BCUT2D eigenvalue weighted by molar-refractivity contribution is 5.37. The van der Waals surface area contributed by atoms with E-state index in [1.54, 1.807) is 7.11 Å². The third-order valence-corrected chi connectivity index (χ3v) is 3.29. The van der Waals surface area contributed by atoms with Gasteiger partial charge in [0, 0.05) is 6.61 Å². The summed E-state index contributed by atoms with van der Waals surface area (Å²) in [6.07, 6.45) is 1.81. The molecule has 16 heavy (non-hydrogen) atoms. The molecule has 0 spiro atoms. The summed E-state index contributed by atoms with van der Waals surface area (Å²) in [7, 11) is 1.69. The second-order valence-electron chi connectivity index (χ2n) is 4.81. The van der Waals surface area contributed by atoms with Crippen molar-refractivity contribution >= 4 is 0 Å². The molecule has 0 fully saturated rings. The highest BCUT2D eigenvalue weighted by atomic mass is 16.5. The topological polar surface area (TPSA) is 29.5 Å². The van der Waals surface area contributed by atoms with Gasteiger partial charge in [0.2, 0.25) is 0 Å². The van der Waals surface area contributed by atoms with Crippen molar-refractivity contribution in [1.82, 2.24) is 0 Å². The van der Waals surface area contributed by atoms with E-state index in [0.29, 0.717) is 0 Å². The standard InChI is InChI=1S/C14H22O2/c1-5-14(3,10-15)9-12-8-11(2)6-7-13(12)16-4/h6-8,15H,5,9-10H2,1-4H3. The van der Waals surface area contributed by atoms with Gasteiger partial charge in [0.1, 0.15) is 5.75 Å². The zero-order valence-electron chi connectivity index (χ0n) is 10.7. The van der Waals surface area contributed by atoms with Crippen molar-refractivity contribution in [1.29, 1.82) is 0 Å². The molecule has 0 aliphatic heterocycles. The lowest BCUT2D eigenvalue weighted by molar-refractivity contribution is 0.137. The van der Waals surface area contributed by atoms with Gasteiger partial charge in [0.25, 0.3) is 0 Å². The first-order chi connectivity index (χ1) is 7.54. The predicted molar refractivity (Wildman–Crippen MR) is 66.9 cm³/mol. The Morgan fingerprint density at radius 2 is 2.06 bits per heavy atom. The van der Waals surface area contributed by atoms with Crippen LogP contribution in [0.1, 0.15) is 31.4 Å². The first-order valence-corrected chi connectivity index (χ1v) is 5.79. The van der Waals surface area contributed by atoms with Gasteiger partial charge in [-0.2, -0.15) is 0 Å². The van der Waals surface area contributed by atoms with Gasteiger partial charge in [-0.25, -0.2) is 0 Å². The lowest BCUT2D eigenvalue weighted by atomic mass is 9.81. The number of rotatable bonds is 5. The van der Waals surface area contributed by atoms with Crippen molar-refractivity contribution in [3.63, 3.8) is 0 Å². The molecule has 2 heteroatoms. The second kappa shape index (κ2) is 5.35. The third kappa shape index (κ3) is 2.99. The Morgan fingerprint density at radius 3 is 2.56 bits per heavy atom. The maximum Gasteiger partial charge on any atom is 0.122 e. The second-order valence-corrected chi connectivity index (χ2v) is 4.81. The smallest absolute Gasteiger partial charge is 0.122 e. The summed E-state index contributed by atoms with van der Waals surface area (Å²) < 4.78 is 5.35.